The third kappa shape index (κ3) is 3.44. The Labute approximate surface area is 115 Å². The third-order valence-corrected chi connectivity index (χ3v) is 5.29. The van der Waals surface area contributed by atoms with E-state index < -0.39 is 10.0 Å². The van der Waals surface area contributed by atoms with Crippen LogP contribution in [0, 0.1) is 19.8 Å². The lowest BCUT2D eigenvalue weighted by atomic mass is 9.90. The highest BCUT2D eigenvalue weighted by Gasteiger charge is 2.19. The molecule has 0 atom stereocenters. The van der Waals surface area contributed by atoms with Crippen molar-refractivity contribution in [2.75, 3.05) is 0 Å². The van der Waals surface area contributed by atoms with E-state index in [0.717, 1.165) is 24.0 Å². The van der Waals surface area contributed by atoms with Gasteiger partial charge >= 0.3 is 0 Å². The first-order valence-electron chi connectivity index (χ1n) is 6.87. The lowest BCUT2D eigenvalue weighted by Crippen LogP contribution is -2.10. The topological polar surface area (TPSA) is 46.5 Å². The summed E-state index contributed by atoms with van der Waals surface area (Å²) in [7, 11) is -3.55. The molecule has 0 amide bonds. The molecule has 2 rings (SSSR count). The summed E-state index contributed by atoms with van der Waals surface area (Å²) in [6, 6.07) is 5.50. The summed E-state index contributed by atoms with van der Waals surface area (Å²) in [6.45, 7) is 3.63. The molecule has 0 heterocycles. The predicted octanol–water partition coefficient (Wildman–Crippen LogP) is 3.64. The zero-order valence-corrected chi connectivity index (χ0v) is 12.4. The van der Waals surface area contributed by atoms with Crippen LogP contribution in [0.1, 0.15) is 43.2 Å². The van der Waals surface area contributed by atoms with Crippen molar-refractivity contribution in [2.45, 2.75) is 50.8 Å². The second kappa shape index (κ2) is 5.87. The zero-order valence-electron chi connectivity index (χ0n) is 11.6. The SMILES string of the molecule is Cc1cccc(C)c1S(=O)(=O)/N=C/C1CCCCC1. The summed E-state index contributed by atoms with van der Waals surface area (Å²) in [6.07, 6.45) is 7.40. The molecule has 1 saturated carbocycles. The van der Waals surface area contributed by atoms with Crippen LogP contribution in [-0.2, 0) is 10.0 Å². The van der Waals surface area contributed by atoms with Crippen LogP contribution in [0.5, 0.6) is 0 Å². The van der Waals surface area contributed by atoms with Crippen molar-refractivity contribution in [1.82, 2.24) is 0 Å². The minimum Gasteiger partial charge on any atom is -0.199 e. The number of aryl methyl sites for hydroxylation is 2. The van der Waals surface area contributed by atoms with Gasteiger partial charge in [0.2, 0.25) is 0 Å². The number of nitrogens with zero attached hydrogens (tertiary/aromatic N) is 1. The van der Waals surface area contributed by atoms with Crippen molar-refractivity contribution in [3.63, 3.8) is 0 Å². The molecule has 0 spiro atoms. The molecule has 0 aliphatic heterocycles. The molecular weight excluding hydrogens is 258 g/mol. The van der Waals surface area contributed by atoms with Gasteiger partial charge in [0.15, 0.2) is 0 Å². The molecule has 0 N–H and O–H groups in total. The monoisotopic (exact) mass is 279 g/mol. The molecule has 104 valence electrons. The van der Waals surface area contributed by atoms with Crippen LogP contribution < -0.4 is 0 Å². The minimum absolute atomic E-state index is 0.327. The Morgan fingerprint density at radius 3 is 2.26 bits per heavy atom. The van der Waals surface area contributed by atoms with Crippen molar-refractivity contribution in [1.29, 1.82) is 0 Å². The Kier molecular flexibility index (Phi) is 4.40. The second-order valence-corrected chi connectivity index (χ2v) is 6.92. The van der Waals surface area contributed by atoms with Gasteiger partial charge in [-0.25, -0.2) is 0 Å². The van der Waals surface area contributed by atoms with Crippen LogP contribution in [0.3, 0.4) is 0 Å². The Hall–Kier alpha value is -1.16. The van der Waals surface area contributed by atoms with E-state index in [0.29, 0.717) is 10.8 Å². The fraction of sp³-hybridized carbons (Fsp3) is 0.533. The van der Waals surface area contributed by atoms with Crippen molar-refractivity contribution < 1.29 is 8.42 Å². The average Bonchev–Trinajstić information content (AvgIpc) is 2.37. The molecule has 0 bridgehead atoms. The van der Waals surface area contributed by atoms with Crippen LogP contribution >= 0.6 is 0 Å². The van der Waals surface area contributed by atoms with Gasteiger partial charge in [0.25, 0.3) is 10.0 Å². The fourth-order valence-corrected chi connectivity index (χ4v) is 4.10. The number of sulfonamides is 1. The quantitative estimate of drug-likeness (QED) is 0.793. The summed E-state index contributed by atoms with van der Waals surface area (Å²) < 4.78 is 28.6. The van der Waals surface area contributed by atoms with Gasteiger partial charge < -0.3 is 0 Å². The minimum atomic E-state index is -3.55. The summed E-state index contributed by atoms with van der Waals surface area (Å²) in [4.78, 5) is 0.363. The molecule has 1 aromatic rings. The van der Waals surface area contributed by atoms with E-state index in [1.54, 1.807) is 6.21 Å². The number of benzene rings is 1. The molecule has 1 fully saturated rings. The molecule has 1 aromatic carbocycles. The highest BCUT2D eigenvalue weighted by Crippen LogP contribution is 2.24. The molecule has 0 unspecified atom stereocenters. The molecule has 4 heteroatoms. The number of hydrogen-bond acceptors (Lipinski definition) is 2. The van der Waals surface area contributed by atoms with Gasteiger partial charge in [0.05, 0.1) is 4.90 Å². The molecule has 0 aromatic heterocycles. The summed E-state index contributed by atoms with van der Waals surface area (Å²) in [5, 5.41) is 0. The lowest BCUT2D eigenvalue weighted by molar-refractivity contribution is 0.445. The van der Waals surface area contributed by atoms with Crippen molar-refractivity contribution in [3.05, 3.63) is 29.3 Å². The summed E-state index contributed by atoms with van der Waals surface area (Å²) in [5.74, 6) is 0.327. The van der Waals surface area contributed by atoms with Crippen molar-refractivity contribution >= 4 is 16.2 Å². The first-order chi connectivity index (χ1) is 9.00. The maximum Gasteiger partial charge on any atom is 0.282 e. The summed E-state index contributed by atoms with van der Waals surface area (Å²) in [5.41, 5.74) is 1.53. The number of hydrogen-bond donors (Lipinski definition) is 0. The summed E-state index contributed by atoms with van der Waals surface area (Å²) >= 11 is 0. The Balaban J connectivity index is 2.25. The van der Waals surface area contributed by atoms with Gasteiger partial charge in [0.1, 0.15) is 0 Å². The van der Waals surface area contributed by atoms with Gasteiger partial charge in [-0.3, -0.25) is 0 Å². The number of rotatable bonds is 3. The molecule has 1 aliphatic carbocycles. The molecule has 19 heavy (non-hydrogen) atoms. The van der Waals surface area contributed by atoms with Crippen molar-refractivity contribution in [3.8, 4) is 0 Å². The van der Waals surface area contributed by atoms with Crippen molar-refractivity contribution in [2.24, 2.45) is 10.3 Å². The molecule has 0 radical (unpaired) electrons. The van der Waals surface area contributed by atoms with E-state index in [2.05, 4.69) is 4.40 Å². The van der Waals surface area contributed by atoms with E-state index in [1.807, 2.05) is 32.0 Å². The third-order valence-electron chi connectivity index (χ3n) is 3.73. The van der Waals surface area contributed by atoms with Crippen LogP contribution in [0.25, 0.3) is 0 Å². The largest absolute Gasteiger partial charge is 0.282 e. The maximum absolute atomic E-state index is 12.3. The van der Waals surface area contributed by atoms with E-state index in [1.165, 1.54) is 19.3 Å². The van der Waals surface area contributed by atoms with Gasteiger partial charge in [-0.2, -0.15) is 12.8 Å². The predicted molar refractivity (Wildman–Crippen MR) is 78.2 cm³/mol. The highest BCUT2D eigenvalue weighted by molar-refractivity contribution is 7.90. The molecule has 1 aliphatic rings. The first kappa shape index (κ1) is 14.3. The lowest BCUT2D eigenvalue weighted by Gasteiger charge is -2.17. The van der Waals surface area contributed by atoms with E-state index in [4.69, 9.17) is 0 Å². The first-order valence-corrected chi connectivity index (χ1v) is 8.31. The van der Waals surface area contributed by atoms with Gasteiger partial charge in [-0.1, -0.05) is 37.5 Å². The van der Waals surface area contributed by atoms with Gasteiger partial charge in [0, 0.05) is 6.21 Å². The maximum atomic E-state index is 12.3. The van der Waals surface area contributed by atoms with Gasteiger partial charge in [-0.05, 0) is 43.7 Å². The van der Waals surface area contributed by atoms with Crippen LogP contribution in [0.2, 0.25) is 0 Å². The van der Waals surface area contributed by atoms with Gasteiger partial charge in [-0.15, -0.1) is 0 Å². The normalized spacial score (nSPS) is 18.0. The van der Waals surface area contributed by atoms with E-state index >= 15 is 0 Å². The van der Waals surface area contributed by atoms with Crippen LogP contribution in [-0.4, -0.2) is 14.6 Å². The van der Waals surface area contributed by atoms with E-state index in [-0.39, 0.29) is 0 Å². The zero-order chi connectivity index (χ0) is 13.9. The fourth-order valence-electron chi connectivity index (χ4n) is 2.71. The Morgan fingerprint density at radius 2 is 1.68 bits per heavy atom. The Morgan fingerprint density at radius 1 is 1.11 bits per heavy atom. The van der Waals surface area contributed by atoms with E-state index in [9.17, 15) is 8.42 Å². The standard InChI is InChI=1S/C15H21NO2S/c1-12-7-6-8-13(2)15(12)19(17,18)16-11-14-9-4-3-5-10-14/h6-8,11,14H,3-5,9-10H2,1-2H3/b16-11+. The molecular formula is C15H21NO2S. The van der Waals surface area contributed by atoms with Crippen LogP contribution in [0.15, 0.2) is 27.5 Å². The average molecular weight is 279 g/mol. The van der Waals surface area contributed by atoms with Crippen LogP contribution in [0.4, 0.5) is 0 Å². The molecule has 0 saturated heterocycles. The smallest absolute Gasteiger partial charge is 0.199 e. The molecule has 3 nitrogen and oxygen atoms in total. The Bertz CT molecular complexity index is 550. The second-order valence-electron chi connectivity index (χ2n) is 5.35. The highest BCUT2D eigenvalue weighted by atomic mass is 32.2.